The monoisotopic (exact) mass is 337 g/mol. The minimum Gasteiger partial charge on any atom is -0.308 e. The lowest BCUT2D eigenvalue weighted by Crippen LogP contribution is -2.20. The highest BCUT2D eigenvalue weighted by molar-refractivity contribution is 5.99. The molecule has 1 heterocycles. The predicted molar refractivity (Wildman–Crippen MR) is 87.0 cm³/mol. The number of benzene rings is 1. The van der Waals surface area contributed by atoms with Gasteiger partial charge in [-0.15, -0.1) is 0 Å². The van der Waals surface area contributed by atoms with Gasteiger partial charge in [0.25, 0.3) is 0 Å². The Morgan fingerprint density at radius 3 is 2.46 bits per heavy atom. The lowest BCUT2D eigenvalue weighted by molar-refractivity contribution is -0.137. The topological polar surface area (TPSA) is 54.0 Å². The Bertz CT molecular complexity index is 699. The fourth-order valence-electron chi connectivity index (χ4n) is 2.05. The van der Waals surface area contributed by atoms with E-state index in [-0.39, 0.29) is 5.69 Å². The van der Waals surface area contributed by atoms with Crippen molar-refractivity contribution in [3.05, 3.63) is 53.9 Å². The molecule has 1 atom stereocenters. The molecule has 24 heavy (non-hydrogen) atoms. The number of urea groups is 1. The Balaban J connectivity index is 2.01. The van der Waals surface area contributed by atoms with E-state index in [1.165, 1.54) is 18.3 Å². The second-order valence-electron chi connectivity index (χ2n) is 5.44. The smallest absolute Gasteiger partial charge is 0.308 e. The second kappa shape index (κ2) is 7.33. The van der Waals surface area contributed by atoms with Crippen molar-refractivity contribution in [2.45, 2.75) is 32.4 Å². The summed E-state index contributed by atoms with van der Waals surface area (Å²) in [6, 6.07) is 7.34. The van der Waals surface area contributed by atoms with Gasteiger partial charge in [-0.3, -0.25) is 4.98 Å². The van der Waals surface area contributed by atoms with Crippen LogP contribution in [-0.4, -0.2) is 11.0 Å². The maximum Gasteiger partial charge on any atom is 0.416 e. The number of aromatic nitrogens is 1. The van der Waals surface area contributed by atoms with Gasteiger partial charge in [0.1, 0.15) is 0 Å². The molecule has 0 radical (unpaired) electrons. The van der Waals surface area contributed by atoms with E-state index in [1.807, 2.05) is 6.07 Å². The van der Waals surface area contributed by atoms with Crippen LogP contribution in [0.2, 0.25) is 0 Å². The minimum atomic E-state index is -4.45. The molecule has 7 heteroatoms. The Morgan fingerprint density at radius 2 is 1.88 bits per heavy atom. The molecule has 2 rings (SSSR count). The summed E-state index contributed by atoms with van der Waals surface area (Å²) in [5, 5.41) is 4.91. The summed E-state index contributed by atoms with van der Waals surface area (Å²) in [7, 11) is 0. The van der Waals surface area contributed by atoms with Gasteiger partial charge in [0.15, 0.2) is 0 Å². The molecule has 0 aliphatic carbocycles. The van der Waals surface area contributed by atoms with Crippen LogP contribution in [0.1, 0.15) is 37.4 Å². The highest BCUT2D eigenvalue weighted by Crippen LogP contribution is 2.30. The number of amides is 2. The molecule has 0 aliphatic heterocycles. The molecule has 1 aromatic carbocycles. The van der Waals surface area contributed by atoms with Gasteiger partial charge >= 0.3 is 12.2 Å². The Kier molecular flexibility index (Phi) is 5.43. The molecule has 2 amide bonds. The van der Waals surface area contributed by atoms with Crippen LogP contribution in [0.5, 0.6) is 0 Å². The summed E-state index contributed by atoms with van der Waals surface area (Å²) < 4.78 is 37.9. The standard InChI is InChI=1S/C17H18F3N3O/c1-3-11(2)15-8-7-14(10-21-15)23-16(24)22-13-6-4-5-12(9-13)17(18,19)20/h4-11H,3H2,1-2H3,(H2,22,23,24). The van der Waals surface area contributed by atoms with E-state index in [2.05, 4.69) is 29.5 Å². The van der Waals surface area contributed by atoms with Gasteiger partial charge in [-0.05, 0) is 42.7 Å². The molecular weight excluding hydrogens is 319 g/mol. The van der Waals surface area contributed by atoms with Crippen LogP contribution >= 0.6 is 0 Å². The molecule has 0 aliphatic rings. The van der Waals surface area contributed by atoms with E-state index in [1.54, 1.807) is 6.07 Å². The number of rotatable bonds is 4. The lowest BCUT2D eigenvalue weighted by atomic mass is 10.0. The number of pyridine rings is 1. The summed E-state index contributed by atoms with van der Waals surface area (Å²) in [4.78, 5) is 16.2. The molecule has 2 aromatic rings. The highest BCUT2D eigenvalue weighted by Gasteiger charge is 2.30. The zero-order valence-corrected chi connectivity index (χ0v) is 13.3. The van der Waals surface area contributed by atoms with Gasteiger partial charge in [-0.2, -0.15) is 13.2 Å². The van der Waals surface area contributed by atoms with Crippen molar-refractivity contribution in [2.75, 3.05) is 10.6 Å². The van der Waals surface area contributed by atoms with Crippen LogP contribution in [0.4, 0.5) is 29.3 Å². The SMILES string of the molecule is CCC(C)c1ccc(NC(=O)Nc2cccc(C(F)(F)F)c2)cn1. The summed E-state index contributed by atoms with van der Waals surface area (Å²) in [5.41, 5.74) is 0.624. The zero-order valence-electron chi connectivity index (χ0n) is 13.3. The fourth-order valence-corrected chi connectivity index (χ4v) is 2.05. The quantitative estimate of drug-likeness (QED) is 0.800. The molecule has 128 valence electrons. The van der Waals surface area contributed by atoms with Crippen LogP contribution in [0, 0.1) is 0 Å². The molecular formula is C17H18F3N3O. The van der Waals surface area contributed by atoms with Crippen LogP contribution in [0.15, 0.2) is 42.6 Å². The van der Waals surface area contributed by atoms with Crippen LogP contribution < -0.4 is 10.6 Å². The average Bonchev–Trinajstić information content (AvgIpc) is 2.54. The molecule has 0 saturated heterocycles. The number of nitrogens with zero attached hydrogens (tertiary/aromatic N) is 1. The molecule has 4 nitrogen and oxygen atoms in total. The number of alkyl halides is 3. The molecule has 1 unspecified atom stereocenters. The Hall–Kier alpha value is -2.57. The van der Waals surface area contributed by atoms with Crippen molar-refractivity contribution in [1.29, 1.82) is 0 Å². The van der Waals surface area contributed by atoms with Crippen molar-refractivity contribution in [1.82, 2.24) is 4.98 Å². The molecule has 2 N–H and O–H groups in total. The third-order valence-electron chi connectivity index (χ3n) is 3.61. The molecule has 0 saturated carbocycles. The molecule has 1 aromatic heterocycles. The first-order chi connectivity index (χ1) is 11.3. The van der Waals surface area contributed by atoms with E-state index < -0.39 is 17.8 Å². The average molecular weight is 337 g/mol. The summed E-state index contributed by atoms with van der Waals surface area (Å²) in [5.74, 6) is 0.318. The number of hydrogen-bond donors (Lipinski definition) is 2. The number of halogens is 3. The molecule has 0 spiro atoms. The molecule has 0 bridgehead atoms. The number of carbonyl (C=O) groups is 1. The summed E-state index contributed by atoms with van der Waals surface area (Å²) in [6.45, 7) is 4.11. The first kappa shape index (κ1) is 17.8. The number of anilines is 2. The van der Waals surface area contributed by atoms with E-state index in [0.29, 0.717) is 11.6 Å². The Morgan fingerprint density at radius 1 is 1.17 bits per heavy atom. The van der Waals surface area contributed by atoms with Crippen molar-refractivity contribution in [3.8, 4) is 0 Å². The van der Waals surface area contributed by atoms with Gasteiger partial charge in [0.2, 0.25) is 0 Å². The number of nitrogens with one attached hydrogen (secondary N) is 2. The maximum atomic E-state index is 12.6. The molecule has 0 fully saturated rings. The largest absolute Gasteiger partial charge is 0.416 e. The minimum absolute atomic E-state index is 0.0616. The van der Waals surface area contributed by atoms with E-state index in [9.17, 15) is 18.0 Å². The van der Waals surface area contributed by atoms with Crippen LogP contribution in [-0.2, 0) is 6.18 Å². The van der Waals surface area contributed by atoms with Crippen molar-refractivity contribution >= 4 is 17.4 Å². The lowest BCUT2D eigenvalue weighted by Gasteiger charge is -2.11. The van der Waals surface area contributed by atoms with Crippen LogP contribution in [0.25, 0.3) is 0 Å². The van der Waals surface area contributed by atoms with E-state index in [4.69, 9.17) is 0 Å². The van der Waals surface area contributed by atoms with Crippen molar-refractivity contribution < 1.29 is 18.0 Å². The first-order valence-electron chi connectivity index (χ1n) is 7.50. The third-order valence-corrected chi connectivity index (χ3v) is 3.61. The predicted octanol–water partition coefficient (Wildman–Crippen LogP) is 5.26. The van der Waals surface area contributed by atoms with Gasteiger partial charge in [-0.25, -0.2) is 4.79 Å². The van der Waals surface area contributed by atoms with Crippen molar-refractivity contribution in [3.63, 3.8) is 0 Å². The van der Waals surface area contributed by atoms with Crippen molar-refractivity contribution in [2.24, 2.45) is 0 Å². The second-order valence-corrected chi connectivity index (χ2v) is 5.44. The normalized spacial score (nSPS) is 12.5. The number of carbonyl (C=O) groups excluding carboxylic acids is 1. The fraction of sp³-hybridized carbons (Fsp3) is 0.294. The van der Waals surface area contributed by atoms with Crippen LogP contribution in [0.3, 0.4) is 0 Å². The maximum absolute atomic E-state index is 12.6. The Labute approximate surface area is 138 Å². The van der Waals surface area contributed by atoms with Gasteiger partial charge < -0.3 is 10.6 Å². The highest BCUT2D eigenvalue weighted by atomic mass is 19.4. The van der Waals surface area contributed by atoms with Gasteiger partial charge in [0, 0.05) is 11.4 Å². The van der Waals surface area contributed by atoms with Gasteiger partial charge in [0.05, 0.1) is 17.4 Å². The number of hydrogen-bond acceptors (Lipinski definition) is 2. The van der Waals surface area contributed by atoms with E-state index >= 15 is 0 Å². The van der Waals surface area contributed by atoms with E-state index in [0.717, 1.165) is 24.2 Å². The summed E-state index contributed by atoms with van der Waals surface area (Å²) >= 11 is 0. The van der Waals surface area contributed by atoms with Gasteiger partial charge in [-0.1, -0.05) is 19.9 Å². The first-order valence-corrected chi connectivity index (χ1v) is 7.50. The third kappa shape index (κ3) is 4.71. The summed E-state index contributed by atoms with van der Waals surface area (Å²) in [6.07, 6.45) is -1.98. The zero-order chi connectivity index (χ0) is 17.7.